The molecule has 0 aliphatic carbocycles. The van der Waals surface area contributed by atoms with E-state index in [9.17, 15) is 22.8 Å². The van der Waals surface area contributed by atoms with Crippen LogP contribution in [0.2, 0.25) is 5.02 Å². The smallest absolute Gasteiger partial charge is 0.416 e. The van der Waals surface area contributed by atoms with Gasteiger partial charge in [-0.05, 0) is 18.6 Å². The zero-order chi connectivity index (χ0) is 26.5. The molecule has 3 N–H and O–H groups in total. The summed E-state index contributed by atoms with van der Waals surface area (Å²) in [4.78, 5) is 30.9. The Balaban J connectivity index is 1.56. The van der Waals surface area contributed by atoms with Crippen molar-refractivity contribution >= 4 is 29.3 Å². The Labute approximate surface area is 210 Å². The molecule has 2 aromatic rings. The van der Waals surface area contributed by atoms with Gasteiger partial charge >= 0.3 is 12.1 Å². The van der Waals surface area contributed by atoms with Gasteiger partial charge in [0.25, 0.3) is 5.91 Å². The van der Waals surface area contributed by atoms with E-state index in [1.54, 1.807) is 4.90 Å². The largest absolute Gasteiger partial charge is 0.480 e. The molecule has 2 atom stereocenters. The van der Waals surface area contributed by atoms with Crippen molar-refractivity contribution in [3.8, 4) is 5.88 Å². The molecule has 196 valence electrons. The Bertz CT molecular complexity index is 1100. The van der Waals surface area contributed by atoms with E-state index in [1.807, 2.05) is 0 Å². The number of piperidine rings is 1. The Hall–Kier alpha value is -3.09. The van der Waals surface area contributed by atoms with Crippen LogP contribution < -0.4 is 15.8 Å². The number of methoxy groups -OCH3 is 2. The third-order valence-electron chi connectivity index (χ3n) is 5.73. The molecule has 36 heavy (non-hydrogen) atoms. The molecule has 1 saturated heterocycles. The molecule has 9 nitrogen and oxygen atoms in total. The lowest BCUT2D eigenvalue weighted by molar-refractivity contribution is -0.149. The molecular formula is C23H26ClF3N4O5. The van der Waals surface area contributed by atoms with Gasteiger partial charge in [0, 0.05) is 25.8 Å². The number of likely N-dealkylation sites (tertiary alicyclic amines) is 1. The second kappa shape index (κ2) is 11.8. The Morgan fingerprint density at radius 2 is 2.00 bits per heavy atom. The highest BCUT2D eigenvalue weighted by Crippen LogP contribution is 2.32. The van der Waals surface area contributed by atoms with Gasteiger partial charge in [0.05, 0.1) is 36.4 Å². The van der Waals surface area contributed by atoms with E-state index in [2.05, 4.69) is 10.3 Å². The van der Waals surface area contributed by atoms with Crippen molar-refractivity contribution in [3.05, 3.63) is 52.0 Å². The fourth-order valence-corrected chi connectivity index (χ4v) is 4.04. The molecule has 1 fully saturated rings. The zero-order valence-electron chi connectivity index (χ0n) is 19.6. The first-order valence-corrected chi connectivity index (χ1v) is 11.3. The van der Waals surface area contributed by atoms with E-state index in [0.717, 1.165) is 6.07 Å². The topological polar surface area (TPSA) is 116 Å². The number of hydrogen-bond donors (Lipinski definition) is 2. The fraction of sp³-hybridized carbons (Fsp3) is 0.435. The summed E-state index contributed by atoms with van der Waals surface area (Å²) in [6.45, 7) is 0.0687. The Kier molecular flexibility index (Phi) is 8.98. The summed E-state index contributed by atoms with van der Waals surface area (Å²) in [5, 5.41) is 2.97. The summed E-state index contributed by atoms with van der Waals surface area (Å²) in [5.74, 6) is -1.10. The first-order valence-electron chi connectivity index (χ1n) is 10.9. The quantitative estimate of drug-likeness (QED) is 0.501. The molecule has 1 aliphatic rings. The molecule has 0 saturated carbocycles. The highest BCUT2D eigenvalue weighted by molar-refractivity contribution is 6.33. The number of nitrogens with two attached hydrogens (primary N) is 1. The predicted octanol–water partition coefficient (Wildman–Crippen LogP) is 2.91. The highest BCUT2D eigenvalue weighted by atomic mass is 35.5. The van der Waals surface area contributed by atoms with E-state index < -0.39 is 42.4 Å². The summed E-state index contributed by atoms with van der Waals surface area (Å²) >= 11 is 5.99. The average Bonchev–Trinajstić information content (AvgIpc) is 2.84. The monoisotopic (exact) mass is 530 g/mol. The van der Waals surface area contributed by atoms with Gasteiger partial charge in [0.2, 0.25) is 5.88 Å². The number of aromatic nitrogens is 1. The summed E-state index contributed by atoms with van der Waals surface area (Å²) in [5.41, 5.74) is 4.80. The number of carbonyl (C=O) groups excluding carboxylic acids is 2. The minimum Gasteiger partial charge on any atom is -0.480 e. The standard InChI is InChI=1S/C23H26ClF3N4O5/c1-34-18-10-31(11-19(32)36-12-13-5-3-4-6-15(13)23(25,26)27)8-7-17(18)29-21(33)14-9-16(24)20(28)30-22(14)35-2/h3-6,9,17-18H,7-8,10-12H2,1-2H3,(H2,28,30)(H,29,33). The van der Waals surface area contributed by atoms with E-state index in [0.29, 0.717) is 13.0 Å². The molecule has 0 spiro atoms. The van der Waals surface area contributed by atoms with Gasteiger partial charge in [0.1, 0.15) is 18.0 Å². The number of pyridine rings is 1. The summed E-state index contributed by atoms with van der Waals surface area (Å²) in [7, 11) is 2.83. The van der Waals surface area contributed by atoms with Crippen LogP contribution in [0.3, 0.4) is 0 Å². The predicted molar refractivity (Wildman–Crippen MR) is 125 cm³/mol. The third-order valence-corrected chi connectivity index (χ3v) is 6.04. The van der Waals surface area contributed by atoms with Crippen molar-refractivity contribution in [3.63, 3.8) is 0 Å². The molecule has 0 radical (unpaired) electrons. The number of hydrogen-bond acceptors (Lipinski definition) is 8. The number of nitrogen functional groups attached to an aromatic ring is 1. The normalized spacial score (nSPS) is 18.5. The Morgan fingerprint density at radius 1 is 1.28 bits per heavy atom. The Morgan fingerprint density at radius 3 is 2.67 bits per heavy atom. The van der Waals surface area contributed by atoms with Crippen LogP contribution in [0.15, 0.2) is 30.3 Å². The molecule has 1 aromatic carbocycles. The summed E-state index contributed by atoms with van der Waals surface area (Å²) in [6, 6.07) is 5.90. The summed E-state index contributed by atoms with van der Waals surface area (Å²) in [6.07, 6.45) is -4.57. The molecule has 13 heteroatoms. The summed E-state index contributed by atoms with van der Waals surface area (Å²) < 4.78 is 55.1. The second-order valence-electron chi connectivity index (χ2n) is 8.11. The minimum absolute atomic E-state index is 0.0237. The number of anilines is 1. The van der Waals surface area contributed by atoms with Crippen LogP contribution in [0, 0.1) is 0 Å². The number of nitrogens with one attached hydrogen (secondary N) is 1. The van der Waals surface area contributed by atoms with E-state index >= 15 is 0 Å². The lowest BCUT2D eigenvalue weighted by Crippen LogP contribution is -2.55. The van der Waals surface area contributed by atoms with Crippen molar-refractivity contribution in [2.24, 2.45) is 0 Å². The maximum absolute atomic E-state index is 13.1. The SMILES string of the molecule is COc1nc(N)c(Cl)cc1C(=O)NC1CCN(CC(=O)OCc2ccccc2C(F)(F)F)CC1OC. The maximum Gasteiger partial charge on any atom is 0.416 e. The molecule has 1 aromatic heterocycles. The maximum atomic E-state index is 13.1. The second-order valence-corrected chi connectivity index (χ2v) is 8.51. The van der Waals surface area contributed by atoms with Gasteiger partial charge in [-0.2, -0.15) is 18.2 Å². The van der Waals surface area contributed by atoms with Crippen LogP contribution in [0.1, 0.15) is 27.9 Å². The number of alkyl halides is 3. The zero-order valence-corrected chi connectivity index (χ0v) is 20.4. The van der Waals surface area contributed by atoms with Gasteiger partial charge in [-0.15, -0.1) is 0 Å². The molecule has 0 bridgehead atoms. The minimum atomic E-state index is -4.54. The van der Waals surface area contributed by atoms with Crippen LogP contribution in [-0.4, -0.2) is 67.8 Å². The van der Waals surface area contributed by atoms with Crippen molar-refractivity contribution in [2.45, 2.75) is 31.3 Å². The molecule has 3 rings (SSSR count). The number of esters is 1. The van der Waals surface area contributed by atoms with Crippen molar-refractivity contribution < 1.29 is 37.0 Å². The van der Waals surface area contributed by atoms with Crippen molar-refractivity contribution in [1.29, 1.82) is 0 Å². The van der Waals surface area contributed by atoms with Crippen molar-refractivity contribution in [1.82, 2.24) is 15.2 Å². The number of carbonyl (C=O) groups is 2. The molecule has 1 amide bonds. The van der Waals surface area contributed by atoms with Gasteiger partial charge in [-0.3, -0.25) is 14.5 Å². The molecule has 2 heterocycles. The number of amides is 1. The number of benzene rings is 1. The van der Waals surface area contributed by atoms with E-state index in [4.69, 9.17) is 31.5 Å². The van der Waals surface area contributed by atoms with Crippen LogP contribution in [0.25, 0.3) is 0 Å². The van der Waals surface area contributed by atoms with Crippen LogP contribution in [0.4, 0.5) is 19.0 Å². The van der Waals surface area contributed by atoms with Gasteiger partial charge in [-0.25, -0.2) is 0 Å². The van der Waals surface area contributed by atoms with Crippen LogP contribution in [-0.2, 0) is 27.1 Å². The van der Waals surface area contributed by atoms with Gasteiger partial charge in [-0.1, -0.05) is 29.8 Å². The first-order chi connectivity index (χ1) is 17.0. The van der Waals surface area contributed by atoms with Gasteiger partial charge in [0.15, 0.2) is 0 Å². The average molecular weight is 531 g/mol. The third kappa shape index (κ3) is 6.77. The van der Waals surface area contributed by atoms with Crippen molar-refractivity contribution in [2.75, 3.05) is 39.6 Å². The number of nitrogens with zero attached hydrogens (tertiary/aromatic N) is 2. The molecule has 1 aliphatic heterocycles. The molecule has 2 unspecified atom stereocenters. The first kappa shape index (κ1) is 27.5. The fourth-order valence-electron chi connectivity index (χ4n) is 3.89. The van der Waals surface area contributed by atoms with E-state index in [1.165, 1.54) is 38.5 Å². The van der Waals surface area contributed by atoms with Crippen LogP contribution >= 0.6 is 11.6 Å². The lowest BCUT2D eigenvalue weighted by atomic mass is 10.0. The highest BCUT2D eigenvalue weighted by Gasteiger charge is 2.34. The van der Waals surface area contributed by atoms with Gasteiger partial charge < -0.3 is 25.3 Å². The van der Waals surface area contributed by atoms with Crippen LogP contribution in [0.5, 0.6) is 5.88 Å². The number of halogens is 4. The number of rotatable bonds is 8. The number of ether oxygens (including phenoxy) is 3. The lowest BCUT2D eigenvalue weighted by Gasteiger charge is -2.37. The van der Waals surface area contributed by atoms with E-state index in [-0.39, 0.29) is 40.9 Å². The molecular weight excluding hydrogens is 505 g/mol.